The standard InChI is InChI=1S/C12H21NO2/c1-10(2)9-13-6-4-11(5-7-13)8-12(14)15-3/h8,10H,4-7,9H2,1-3H3. The van der Waals surface area contributed by atoms with Gasteiger partial charge in [0.15, 0.2) is 0 Å². The van der Waals surface area contributed by atoms with Gasteiger partial charge >= 0.3 is 5.97 Å². The molecule has 1 rings (SSSR count). The maximum absolute atomic E-state index is 11.0. The van der Waals surface area contributed by atoms with Gasteiger partial charge in [0.05, 0.1) is 7.11 Å². The number of esters is 1. The van der Waals surface area contributed by atoms with E-state index in [9.17, 15) is 4.79 Å². The van der Waals surface area contributed by atoms with Crippen molar-refractivity contribution in [2.45, 2.75) is 26.7 Å². The number of carbonyl (C=O) groups is 1. The van der Waals surface area contributed by atoms with Crippen LogP contribution in [0.4, 0.5) is 0 Å². The number of hydrogen-bond acceptors (Lipinski definition) is 3. The van der Waals surface area contributed by atoms with Crippen LogP contribution in [-0.4, -0.2) is 37.6 Å². The van der Waals surface area contributed by atoms with Gasteiger partial charge in [0.1, 0.15) is 0 Å². The molecule has 0 N–H and O–H groups in total. The molecular weight excluding hydrogens is 190 g/mol. The summed E-state index contributed by atoms with van der Waals surface area (Å²) in [7, 11) is 1.42. The molecule has 3 heteroatoms. The average molecular weight is 211 g/mol. The lowest BCUT2D eigenvalue weighted by atomic mass is 10.0. The number of ether oxygens (including phenoxy) is 1. The van der Waals surface area contributed by atoms with Gasteiger partial charge in [-0.25, -0.2) is 4.79 Å². The fourth-order valence-corrected chi connectivity index (χ4v) is 1.91. The third kappa shape index (κ3) is 4.47. The van der Waals surface area contributed by atoms with Crippen molar-refractivity contribution in [1.29, 1.82) is 0 Å². The SMILES string of the molecule is COC(=O)C=C1CCN(CC(C)C)CC1. The molecule has 0 bridgehead atoms. The zero-order chi connectivity index (χ0) is 11.3. The van der Waals surface area contributed by atoms with Gasteiger partial charge in [0.2, 0.25) is 0 Å². The van der Waals surface area contributed by atoms with Crippen LogP contribution < -0.4 is 0 Å². The van der Waals surface area contributed by atoms with Gasteiger partial charge in [0.25, 0.3) is 0 Å². The summed E-state index contributed by atoms with van der Waals surface area (Å²) in [6.45, 7) is 7.77. The Balaban J connectivity index is 2.35. The van der Waals surface area contributed by atoms with Crippen molar-refractivity contribution >= 4 is 5.97 Å². The van der Waals surface area contributed by atoms with E-state index in [0.29, 0.717) is 0 Å². The Bertz CT molecular complexity index is 236. The van der Waals surface area contributed by atoms with Crippen molar-refractivity contribution in [2.75, 3.05) is 26.7 Å². The zero-order valence-electron chi connectivity index (χ0n) is 9.95. The van der Waals surface area contributed by atoms with Crippen LogP contribution >= 0.6 is 0 Å². The van der Waals surface area contributed by atoms with Crippen LogP contribution in [0, 0.1) is 5.92 Å². The lowest BCUT2D eigenvalue weighted by Crippen LogP contribution is -2.33. The third-order valence-corrected chi connectivity index (χ3v) is 2.64. The number of hydrogen-bond donors (Lipinski definition) is 0. The van der Waals surface area contributed by atoms with E-state index >= 15 is 0 Å². The lowest BCUT2D eigenvalue weighted by molar-refractivity contribution is -0.134. The molecule has 0 atom stereocenters. The first kappa shape index (κ1) is 12.2. The van der Waals surface area contributed by atoms with Gasteiger partial charge in [-0.3, -0.25) is 0 Å². The third-order valence-electron chi connectivity index (χ3n) is 2.64. The highest BCUT2D eigenvalue weighted by atomic mass is 16.5. The molecule has 1 fully saturated rings. The predicted octanol–water partition coefficient (Wildman–Crippen LogP) is 1.84. The minimum absolute atomic E-state index is 0.220. The molecule has 1 aliphatic rings. The van der Waals surface area contributed by atoms with E-state index in [1.807, 2.05) is 0 Å². The van der Waals surface area contributed by atoms with Crippen LogP contribution in [0.5, 0.6) is 0 Å². The van der Waals surface area contributed by atoms with E-state index in [0.717, 1.165) is 38.4 Å². The smallest absolute Gasteiger partial charge is 0.330 e. The number of likely N-dealkylation sites (tertiary alicyclic amines) is 1. The molecule has 1 saturated heterocycles. The quantitative estimate of drug-likeness (QED) is 0.527. The molecule has 3 nitrogen and oxygen atoms in total. The summed E-state index contributed by atoms with van der Waals surface area (Å²) >= 11 is 0. The lowest BCUT2D eigenvalue weighted by Gasteiger charge is -2.29. The van der Waals surface area contributed by atoms with E-state index in [1.165, 1.54) is 12.7 Å². The summed E-state index contributed by atoms with van der Waals surface area (Å²) in [4.78, 5) is 13.5. The Morgan fingerprint density at radius 3 is 2.53 bits per heavy atom. The Labute approximate surface area is 92.1 Å². The summed E-state index contributed by atoms with van der Waals surface area (Å²) in [5.41, 5.74) is 1.22. The predicted molar refractivity (Wildman–Crippen MR) is 60.6 cm³/mol. The van der Waals surface area contributed by atoms with Gasteiger partial charge in [-0.05, 0) is 18.8 Å². The number of carbonyl (C=O) groups excluding carboxylic acids is 1. The van der Waals surface area contributed by atoms with Gasteiger partial charge < -0.3 is 9.64 Å². The molecule has 0 saturated carbocycles. The van der Waals surface area contributed by atoms with Crippen LogP contribution in [0.3, 0.4) is 0 Å². The molecule has 0 unspecified atom stereocenters. The van der Waals surface area contributed by atoms with Gasteiger partial charge in [0, 0.05) is 25.7 Å². The van der Waals surface area contributed by atoms with Crippen LogP contribution in [0.25, 0.3) is 0 Å². The van der Waals surface area contributed by atoms with E-state index in [4.69, 9.17) is 0 Å². The summed E-state index contributed by atoms with van der Waals surface area (Å²) in [5.74, 6) is 0.499. The molecular formula is C12H21NO2. The molecule has 86 valence electrons. The van der Waals surface area contributed by atoms with E-state index in [-0.39, 0.29) is 5.97 Å². The van der Waals surface area contributed by atoms with Gasteiger partial charge in [-0.1, -0.05) is 19.4 Å². The van der Waals surface area contributed by atoms with Crippen molar-refractivity contribution in [2.24, 2.45) is 5.92 Å². The molecule has 0 aromatic carbocycles. The first-order chi connectivity index (χ1) is 7.11. The molecule has 0 aliphatic carbocycles. The Morgan fingerprint density at radius 2 is 2.07 bits per heavy atom. The van der Waals surface area contributed by atoms with Crippen LogP contribution in [-0.2, 0) is 9.53 Å². The summed E-state index contributed by atoms with van der Waals surface area (Å²) < 4.78 is 4.62. The number of methoxy groups -OCH3 is 1. The number of piperidine rings is 1. The van der Waals surface area contributed by atoms with Crippen LogP contribution in [0.1, 0.15) is 26.7 Å². The van der Waals surface area contributed by atoms with Gasteiger partial charge in [-0.2, -0.15) is 0 Å². The molecule has 0 amide bonds. The Morgan fingerprint density at radius 1 is 1.47 bits per heavy atom. The molecule has 15 heavy (non-hydrogen) atoms. The molecule has 0 aromatic heterocycles. The summed E-state index contributed by atoms with van der Waals surface area (Å²) in [6, 6.07) is 0. The normalized spacial score (nSPS) is 18.0. The molecule has 0 aromatic rings. The van der Waals surface area contributed by atoms with E-state index < -0.39 is 0 Å². The van der Waals surface area contributed by atoms with E-state index in [2.05, 4.69) is 23.5 Å². The van der Waals surface area contributed by atoms with Crippen molar-refractivity contribution in [3.8, 4) is 0 Å². The number of rotatable bonds is 3. The highest BCUT2D eigenvalue weighted by Gasteiger charge is 2.15. The maximum atomic E-state index is 11.0. The zero-order valence-corrected chi connectivity index (χ0v) is 9.95. The van der Waals surface area contributed by atoms with Crippen molar-refractivity contribution in [1.82, 2.24) is 4.90 Å². The fraction of sp³-hybridized carbons (Fsp3) is 0.750. The highest BCUT2D eigenvalue weighted by Crippen LogP contribution is 2.16. The first-order valence-corrected chi connectivity index (χ1v) is 5.61. The molecule has 1 aliphatic heterocycles. The van der Waals surface area contributed by atoms with Crippen molar-refractivity contribution < 1.29 is 9.53 Å². The van der Waals surface area contributed by atoms with Gasteiger partial charge in [-0.15, -0.1) is 0 Å². The topological polar surface area (TPSA) is 29.5 Å². The second-order valence-corrected chi connectivity index (χ2v) is 4.52. The monoisotopic (exact) mass is 211 g/mol. The minimum atomic E-state index is -0.220. The Hall–Kier alpha value is -0.830. The highest BCUT2D eigenvalue weighted by molar-refractivity contribution is 5.82. The van der Waals surface area contributed by atoms with Crippen LogP contribution in [0.15, 0.2) is 11.6 Å². The minimum Gasteiger partial charge on any atom is -0.466 e. The largest absolute Gasteiger partial charge is 0.466 e. The van der Waals surface area contributed by atoms with Crippen molar-refractivity contribution in [3.63, 3.8) is 0 Å². The molecule has 0 spiro atoms. The second kappa shape index (κ2) is 5.91. The van der Waals surface area contributed by atoms with E-state index in [1.54, 1.807) is 6.08 Å². The summed E-state index contributed by atoms with van der Waals surface area (Å²) in [5, 5.41) is 0. The average Bonchev–Trinajstić information content (AvgIpc) is 2.20. The fourth-order valence-electron chi connectivity index (χ4n) is 1.91. The first-order valence-electron chi connectivity index (χ1n) is 5.61. The maximum Gasteiger partial charge on any atom is 0.330 e. The van der Waals surface area contributed by atoms with Crippen molar-refractivity contribution in [3.05, 3.63) is 11.6 Å². The number of nitrogens with zero attached hydrogens (tertiary/aromatic N) is 1. The summed E-state index contributed by atoms with van der Waals surface area (Å²) in [6.07, 6.45) is 3.65. The van der Waals surface area contributed by atoms with Crippen LogP contribution in [0.2, 0.25) is 0 Å². The molecule has 1 heterocycles. The Kier molecular flexibility index (Phi) is 4.82. The second-order valence-electron chi connectivity index (χ2n) is 4.52. The molecule has 0 radical (unpaired) electrons.